The van der Waals surface area contributed by atoms with E-state index in [1.807, 2.05) is 35.3 Å². The minimum atomic E-state index is 0.436. The fraction of sp³-hybridized carbons (Fsp3) is 0.500. The monoisotopic (exact) mass is 449 g/mol. The van der Waals surface area contributed by atoms with Gasteiger partial charge in [-0.15, -0.1) is 5.10 Å². The largest absolute Gasteiger partial charge is 0.362 e. The molecule has 1 aliphatic carbocycles. The first-order valence-corrected chi connectivity index (χ1v) is 12.2. The van der Waals surface area contributed by atoms with Gasteiger partial charge in [0.05, 0.1) is 5.52 Å². The molecule has 32 heavy (non-hydrogen) atoms. The summed E-state index contributed by atoms with van der Waals surface area (Å²) in [7, 11) is 0. The van der Waals surface area contributed by atoms with E-state index in [4.69, 9.17) is 17.2 Å². The smallest absolute Gasteiger partial charge is 0.168 e. The van der Waals surface area contributed by atoms with Crippen molar-refractivity contribution in [1.29, 1.82) is 0 Å². The van der Waals surface area contributed by atoms with Gasteiger partial charge in [-0.05, 0) is 69.3 Å². The van der Waals surface area contributed by atoms with Crippen LogP contribution in [0.15, 0.2) is 48.3 Å². The molecule has 2 aromatic heterocycles. The van der Waals surface area contributed by atoms with E-state index < -0.39 is 0 Å². The van der Waals surface area contributed by atoms with Crippen LogP contribution in [0.4, 0.5) is 0 Å². The molecule has 0 unspecified atom stereocenters. The lowest BCUT2D eigenvalue weighted by Crippen LogP contribution is -2.44. The SMILES string of the molecule is S=C(NCCC1=CCCCC1)N1CCC(c2nccn2Cn2nnc3ccccc32)CC1. The predicted octanol–water partition coefficient (Wildman–Crippen LogP) is 4.08. The van der Waals surface area contributed by atoms with Gasteiger partial charge in [0.25, 0.3) is 0 Å². The van der Waals surface area contributed by atoms with Gasteiger partial charge in [-0.2, -0.15) is 0 Å². The van der Waals surface area contributed by atoms with Crippen LogP contribution < -0.4 is 5.32 Å². The number of likely N-dealkylation sites (tertiary alicyclic amines) is 1. The fourth-order valence-electron chi connectivity index (χ4n) is 4.88. The molecule has 0 spiro atoms. The molecule has 7 nitrogen and oxygen atoms in total. The number of piperidine rings is 1. The number of imidazole rings is 1. The summed E-state index contributed by atoms with van der Waals surface area (Å²) >= 11 is 5.68. The summed E-state index contributed by atoms with van der Waals surface area (Å²) in [5, 5.41) is 13.0. The van der Waals surface area contributed by atoms with Gasteiger partial charge in [0, 0.05) is 37.9 Å². The highest BCUT2D eigenvalue weighted by molar-refractivity contribution is 7.80. The van der Waals surface area contributed by atoms with Crippen LogP contribution in [-0.4, -0.2) is 54.2 Å². The normalized spacial score (nSPS) is 17.5. The van der Waals surface area contributed by atoms with E-state index in [1.165, 1.54) is 25.7 Å². The van der Waals surface area contributed by atoms with E-state index in [-0.39, 0.29) is 0 Å². The number of rotatable bonds is 6. The van der Waals surface area contributed by atoms with Crippen molar-refractivity contribution in [3.63, 3.8) is 0 Å². The van der Waals surface area contributed by atoms with Gasteiger partial charge < -0.3 is 14.8 Å². The first-order chi connectivity index (χ1) is 15.8. The maximum Gasteiger partial charge on any atom is 0.168 e. The minimum absolute atomic E-state index is 0.436. The Balaban J connectivity index is 1.14. The molecule has 3 aromatic rings. The van der Waals surface area contributed by atoms with Crippen LogP contribution in [0.2, 0.25) is 0 Å². The summed E-state index contributed by atoms with van der Waals surface area (Å²) in [6.45, 7) is 3.52. The van der Waals surface area contributed by atoms with Crippen molar-refractivity contribution in [3.05, 3.63) is 54.1 Å². The molecule has 0 bridgehead atoms. The van der Waals surface area contributed by atoms with Crippen molar-refractivity contribution in [2.75, 3.05) is 19.6 Å². The molecule has 1 aromatic carbocycles. The average Bonchev–Trinajstić information content (AvgIpc) is 3.47. The first-order valence-electron chi connectivity index (χ1n) is 11.8. The Labute approximate surface area is 194 Å². The number of allylic oxidation sites excluding steroid dienone is 1. The van der Waals surface area contributed by atoms with E-state index in [0.29, 0.717) is 12.6 Å². The highest BCUT2D eigenvalue weighted by Crippen LogP contribution is 2.27. The molecule has 5 rings (SSSR count). The Morgan fingerprint density at radius 1 is 1.16 bits per heavy atom. The standard InChI is InChI=1S/C24H31N7S/c32-24(26-13-10-19-6-2-1-3-7-19)29-15-11-20(12-16-29)23-25-14-17-30(23)18-31-22-9-5-4-8-21(22)27-28-31/h4-6,8-9,14,17,20H,1-3,7,10-13,15-16,18H2,(H,26,32). The first kappa shape index (κ1) is 21.1. The van der Waals surface area contributed by atoms with Crippen molar-refractivity contribution in [1.82, 2.24) is 34.8 Å². The van der Waals surface area contributed by atoms with E-state index >= 15 is 0 Å². The molecular formula is C24H31N7S. The van der Waals surface area contributed by atoms with Crippen molar-refractivity contribution < 1.29 is 0 Å². The van der Waals surface area contributed by atoms with E-state index in [2.05, 4.69) is 37.2 Å². The van der Waals surface area contributed by atoms with Crippen molar-refractivity contribution in [3.8, 4) is 0 Å². The number of para-hydroxylation sites is 1. The molecule has 8 heteroatoms. The Morgan fingerprint density at radius 3 is 2.88 bits per heavy atom. The van der Waals surface area contributed by atoms with E-state index in [9.17, 15) is 0 Å². The van der Waals surface area contributed by atoms with Gasteiger partial charge in [-0.25, -0.2) is 9.67 Å². The highest BCUT2D eigenvalue weighted by Gasteiger charge is 2.25. The van der Waals surface area contributed by atoms with E-state index in [0.717, 1.165) is 60.9 Å². The number of hydrogen-bond acceptors (Lipinski definition) is 4. The summed E-state index contributed by atoms with van der Waals surface area (Å²) in [5.74, 6) is 1.57. The molecule has 0 radical (unpaired) electrons. The zero-order chi connectivity index (χ0) is 21.8. The summed E-state index contributed by atoms with van der Waals surface area (Å²) in [6.07, 6.45) is 14.8. The maximum atomic E-state index is 5.68. The van der Waals surface area contributed by atoms with Crippen LogP contribution in [-0.2, 0) is 6.67 Å². The third-order valence-corrected chi connectivity index (χ3v) is 7.11. The van der Waals surface area contributed by atoms with E-state index in [1.54, 1.807) is 5.57 Å². The number of nitrogens with one attached hydrogen (secondary N) is 1. The van der Waals surface area contributed by atoms with Crippen LogP contribution >= 0.6 is 12.2 Å². The number of nitrogens with zero attached hydrogens (tertiary/aromatic N) is 6. The lowest BCUT2D eigenvalue weighted by atomic mass is 9.96. The maximum absolute atomic E-state index is 5.68. The fourth-order valence-corrected chi connectivity index (χ4v) is 5.17. The number of thiocarbonyl (C=S) groups is 1. The second kappa shape index (κ2) is 9.81. The third kappa shape index (κ3) is 4.70. The molecule has 168 valence electrons. The van der Waals surface area contributed by atoms with Gasteiger partial charge >= 0.3 is 0 Å². The Kier molecular flexibility index (Phi) is 6.48. The molecule has 2 aliphatic rings. The molecule has 1 saturated heterocycles. The molecule has 1 N–H and O–H groups in total. The van der Waals surface area contributed by atoms with Crippen LogP contribution in [0.25, 0.3) is 11.0 Å². The summed E-state index contributed by atoms with van der Waals surface area (Å²) in [6, 6.07) is 8.07. The average molecular weight is 450 g/mol. The molecule has 3 heterocycles. The van der Waals surface area contributed by atoms with Crippen LogP contribution in [0, 0.1) is 0 Å². The lowest BCUT2D eigenvalue weighted by molar-refractivity contribution is 0.298. The Hall–Kier alpha value is -2.74. The predicted molar refractivity (Wildman–Crippen MR) is 130 cm³/mol. The zero-order valence-electron chi connectivity index (χ0n) is 18.5. The molecule has 0 atom stereocenters. The molecule has 0 saturated carbocycles. The molecular weight excluding hydrogens is 418 g/mol. The number of hydrogen-bond donors (Lipinski definition) is 1. The van der Waals surface area contributed by atoms with Gasteiger partial charge in [0.1, 0.15) is 18.0 Å². The van der Waals surface area contributed by atoms with Crippen LogP contribution in [0.5, 0.6) is 0 Å². The molecule has 0 amide bonds. The number of aromatic nitrogens is 5. The van der Waals surface area contributed by atoms with Gasteiger partial charge in [-0.3, -0.25) is 0 Å². The van der Waals surface area contributed by atoms with Gasteiger partial charge in [-0.1, -0.05) is 29.0 Å². The van der Waals surface area contributed by atoms with Crippen molar-refractivity contribution in [2.24, 2.45) is 0 Å². The molecule has 1 fully saturated rings. The second-order valence-corrected chi connectivity index (χ2v) is 9.21. The minimum Gasteiger partial charge on any atom is -0.362 e. The van der Waals surface area contributed by atoms with Gasteiger partial charge in [0.2, 0.25) is 0 Å². The topological polar surface area (TPSA) is 63.8 Å². The Bertz CT molecular complexity index is 1090. The summed E-state index contributed by atoms with van der Waals surface area (Å²) in [5.41, 5.74) is 3.56. The summed E-state index contributed by atoms with van der Waals surface area (Å²) in [4.78, 5) is 7.02. The zero-order valence-corrected chi connectivity index (χ0v) is 19.3. The van der Waals surface area contributed by atoms with Gasteiger partial charge in [0.15, 0.2) is 5.11 Å². The third-order valence-electron chi connectivity index (χ3n) is 6.71. The van der Waals surface area contributed by atoms with Crippen molar-refractivity contribution >= 4 is 28.4 Å². The number of benzene rings is 1. The summed E-state index contributed by atoms with van der Waals surface area (Å²) < 4.78 is 4.15. The molecule has 1 aliphatic heterocycles. The van der Waals surface area contributed by atoms with Crippen LogP contribution in [0.1, 0.15) is 56.7 Å². The Morgan fingerprint density at radius 2 is 2.03 bits per heavy atom. The number of fused-ring (bicyclic) bond motifs is 1. The second-order valence-electron chi connectivity index (χ2n) is 8.83. The highest BCUT2D eigenvalue weighted by atomic mass is 32.1. The quantitative estimate of drug-likeness (QED) is 0.452. The van der Waals surface area contributed by atoms with Crippen LogP contribution in [0.3, 0.4) is 0 Å². The van der Waals surface area contributed by atoms with Crippen molar-refractivity contribution in [2.45, 2.75) is 57.5 Å². The lowest BCUT2D eigenvalue weighted by Gasteiger charge is -2.33.